The number of hydrogen-bond acceptors (Lipinski definition) is 4. The van der Waals surface area contributed by atoms with Crippen LogP contribution in [0.15, 0.2) is 70.5 Å². The van der Waals surface area contributed by atoms with Crippen molar-refractivity contribution in [2.24, 2.45) is 4.99 Å². The number of allylic oxidation sites excluding steroid dienone is 1. The lowest BCUT2D eigenvalue weighted by Crippen LogP contribution is -2.15. The van der Waals surface area contributed by atoms with E-state index >= 15 is 0 Å². The van der Waals surface area contributed by atoms with E-state index in [9.17, 15) is 14.3 Å². The van der Waals surface area contributed by atoms with Crippen LogP contribution in [0.2, 0.25) is 0 Å². The van der Waals surface area contributed by atoms with Crippen molar-refractivity contribution in [1.29, 1.82) is 0 Å². The molecule has 3 rings (SSSR count). The van der Waals surface area contributed by atoms with Crippen molar-refractivity contribution >= 4 is 30.2 Å². The van der Waals surface area contributed by atoms with Gasteiger partial charge in [-0.2, -0.15) is 0 Å². The number of aromatic nitrogens is 2. The predicted molar refractivity (Wildman–Crippen MR) is 102 cm³/mol. The molecule has 0 saturated carbocycles. The number of nitrogens with zero attached hydrogens (tertiary/aromatic N) is 2. The standard InChI is InChI=1S/C19H14FN3O2S/c20-13-8-10-15(11-9-13)23-18(25)16(17(24)22-19(23)26)7-4-12-21-14-5-2-1-3-6-14/h1-12,25H,(H,22,24,26). The number of aromatic amines is 1. The van der Waals surface area contributed by atoms with Crippen molar-refractivity contribution < 1.29 is 9.50 Å². The lowest BCUT2D eigenvalue weighted by Gasteiger charge is -2.11. The van der Waals surface area contributed by atoms with Crippen molar-refractivity contribution in [1.82, 2.24) is 9.55 Å². The molecule has 130 valence electrons. The Hall–Kier alpha value is -3.32. The zero-order chi connectivity index (χ0) is 18.5. The molecule has 0 bridgehead atoms. The molecule has 2 N–H and O–H groups in total. The molecule has 0 aliphatic rings. The van der Waals surface area contributed by atoms with Crippen LogP contribution in [0, 0.1) is 10.6 Å². The minimum absolute atomic E-state index is 0.00853. The number of hydrogen-bond donors (Lipinski definition) is 2. The van der Waals surface area contributed by atoms with Crippen LogP contribution >= 0.6 is 12.2 Å². The van der Waals surface area contributed by atoms with Crippen LogP contribution < -0.4 is 5.56 Å². The highest BCUT2D eigenvalue weighted by Gasteiger charge is 2.11. The van der Waals surface area contributed by atoms with Gasteiger partial charge in [-0.3, -0.25) is 19.3 Å². The number of nitrogens with one attached hydrogen (secondary N) is 1. The second-order valence-electron chi connectivity index (χ2n) is 5.28. The molecule has 0 radical (unpaired) electrons. The third-order valence-corrected chi connectivity index (χ3v) is 3.82. The molecule has 2 aromatic carbocycles. The first kappa shape index (κ1) is 17.5. The first-order chi connectivity index (χ1) is 12.6. The Kier molecular flexibility index (Phi) is 5.19. The van der Waals surface area contributed by atoms with E-state index in [1.54, 1.807) is 0 Å². The van der Waals surface area contributed by atoms with E-state index in [1.807, 2.05) is 30.3 Å². The quantitative estimate of drug-likeness (QED) is 0.537. The van der Waals surface area contributed by atoms with Gasteiger partial charge in [0.15, 0.2) is 4.77 Å². The van der Waals surface area contributed by atoms with Crippen LogP contribution in [0.1, 0.15) is 5.56 Å². The number of benzene rings is 2. The maximum Gasteiger partial charge on any atom is 0.262 e. The summed E-state index contributed by atoms with van der Waals surface area (Å²) in [6.07, 6.45) is 4.47. The lowest BCUT2D eigenvalue weighted by molar-refractivity contribution is 0.432. The summed E-state index contributed by atoms with van der Waals surface area (Å²) in [5.74, 6) is -0.754. The van der Waals surface area contributed by atoms with Gasteiger partial charge in [0, 0.05) is 6.21 Å². The monoisotopic (exact) mass is 367 g/mol. The van der Waals surface area contributed by atoms with Crippen LogP contribution in [-0.2, 0) is 0 Å². The van der Waals surface area contributed by atoms with E-state index in [1.165, 1.54) is 47.2 Å². The number of aliphatic imine (C=N–C) groups is 1. The summed E-state index contributed by atoms with van der Waals surface area (Å²) in [6, 6.07) is 14.7. The van der Waals surface area contributed by atoms with Crippen LogP contribution in [0.4, 0.5) is 10.1 Å². The lowest BCUT2D eigenvalue weighted by atomic mass is 10.2. The molecule has 26 heavy (non-hydrogen) atoms. The molecule has 0 aliphatic carbocycles. The molecular formula is C19H14FN3O2S. The van der Waals surface area contributed by atoms with Gasteiger partial charge >= 0.3 is 0 Å². The third kappa shape index (κ3) is 3.84. The second-order valence-corrected chi connectivity index (χ2v) is 5.67. The Labute approximate surface area is 153 Å². The zero-order valence-corrected chi connectivity index (χ0v) is 14.3. The maximum atomic E-state index is 13.1. The van der Waals surface area contributed by atoms with Gasteiger partial charge in [0.25, 0.3) is 5.56 Å². The first-order valence-electron chi connectivity index (χ1n) is 7.66. The molecule has 0 amide bonds. The average molecular weight is 367 g/mol. The Bertz CT molecular complexity index is 1080. The molecular weight excluding hydrogens is 353 g/mol. The molecule has 0 aliphatic heterocycles. The molecule has 0 saturated heterocycles. The Morgan fingerprint density at radius 2 is 1.81 bits per heavy atom. The van der Waals surface area contributed by atoms with Crippen LogP contribution in [0.5, 0.6) is 5.88 Å². The van der Waals surface area contributed by atoms with Crippen molar-refractivity contribution in [2.45, 2.75) is 0 Å². The van der Waals surface area contributed by atoms with E-state index < -0.39 is 11.4 Å². The van der Waals surface area contributed by atoms with Crippen molar-refractivity contribution in [3.05, 3.63) is 87.2 Å². The average Bonchev–Trinajstić information content (AvgIpc) is 2.63. The highest BCUT2D eigenvalue weighted by atomic mass is 32.1. The number of para-hydroxylation sites is 1. The van der Waals surface area contributed by atoms with Crippen molar-refractivity contribution in [3.63, 3.8) is 0 Å². The Morgan fingerprint density at radius 3 is 2.50 bits per heavy atom. The van der Waals surface area contributed by atoms with Gasteiger partial charge in [-0.15, -0.1) is 0 Å². The molecule has 1 aromatic heterocycles. The summed E-state index contributed by atoms with van der Waals surface area (Å²) in [4.78, 5) is 18.8. The molecule has 7 heteroatoms. The SMILES string of the molecule is O=c1[nH]c(=S)n(-c2ccc(F)cc2)c(O)c1C=CC=Nc1ccccc1. The Morgan fingerprint density at radius 1 is 1.12 bits per heavy atom. The van der Waals surface area contributed by atoms with Crippen molar-refractivity contribution in [2.75, 3.05) is 0 Å². The second kappa shape index (κ2) is 7.71. The van der Waals surface area contributed by atoms with Crippen LogP contribution in [0.25, 0.3) is 11.8 Å². The topological polar surface area (TPSA) is 70.4 Å². The van der Waals surface area contributed by atoms with Gasteiger partial charge in [-0.05, 0) is 60.8 Å². The summed E-state index contributed by atoms with van der Waals surface area (Å²) >= 11 is 5.10. The van der Waals surface area contributed by atoms with E-state index in [0.717, 1.165) is 5.69 Å². The number of rotatable bonds is 4. The van der Waals surface area contributed by atoms with E-state index in [-0.39, 0.29) is 16.2 Å². The van der Waals surface area contributed by atoms with Crippen LogP contribution in [-0.4, -0.2) is 20.9 Å². The van der Waals surface area contributed by atoms with Gasteiger partial charge < -0.3 is 5.11 Å². The normalized spacial score (nSPS) is 11.4. The van der Waals surface area contributed by atoms with Gasteiger partial charge in [-0.25, -0.2) is 4.39 Å². The Balaban J connectivity index is 1.97. The molecule has 0 fully saturated rings. The van der Waals surface area contributed by atoms with Gasteiger partial charge in [0.2, 0.25) is 5.88 Å². The summed E-state index contributed by atoms with van der Waals surface area (Å²) in [5, 5.41) is 10.5. The predicted octanol–water partition coefficient (Wildman–Crippen LogP) is 4.16. The molecule has 0 spiro atoms. The van der Waals surface area contributed by atoms with E-state index in [0.29, 0.717) is 5.69 Å². The van der Waals surface area contributed by atoms with E-state index in [2.05, 4.69) is 9.98 Å². The number of halogens is 1. The molecule has 0 unspecified atom stereocenters. The highest BCUT2D eigenvalue weighted by molar-refractivity contribution is 7.71. The van der Waals surface area contributed by atoms with E-state index in [4.69, 9.17) is 12.2 Å². The fraction of sp³-hybridized carbons (Fsp3) is 0. The zero-order valence-electron chi connectivity index (χ0n) is 13.5. The van der Waals surface area contributed by atoms with Crippen LogP contribution in [0.3, 0.4) is 0 Å². The molecule has 3 aromatic rings. The summed E-state index contributed by atoms with van der Waals surface area (Å²) in [7, 11) is 0. The largest absolute Gasteiger partial charge is 0.494 e. The van der Waals surface area contributed by atoms with Gasteiger partial charge in [0.1, 0.15) is 11.4 Å². The fourth-order valence-electron chi connectivity index (χ4n) is 2.30. The smallest absolute Gasteiger partial charge is 0.262 e. The van der Waals surface area contributed by atoms with Gasteiger partial charge in [0.05, 0.1) is 11.4 Å². The molecule has 5 nitrogen and oxygen atoms in total. The number of H-pyrrole nitrogens is 1. The fourth-order valence-corrected chi connectivity index (χ4v) is 2.59. The maximum absolute atomic E-state index is 13.1. The highest BCUT2D eigenvalue weighted by Crippen LogP contribution is 2.20. The summed E-state index contributed by atoms with van der Waals surface area (Å²) in [6.45, 7) is 0. The minimum atomic E-state index is -0.532. The summed E-state index contributed by atoms with van der Waals surface area (Å²) in [5.41, 5.74) is 0.674. The molecule has 1 heterocycles. The molecule has 0 atom stereocenters. The first-order valence-corrected chi connectivity index (χ1v) is 8.07. The minimum Gasteiger partial charge on any atom is -0.494 e. The van der Waals surface area contributed by atoms with Crippen molar-refractivity contribution in [3.8, 4) is 11.6 Å². The summed E-state index contributed by atoms with van der Waals surface area (Å²) < 4.78 is 14.4. The third-order valence-electron chi connectivity index (χ3n) is 3.53. The van der Waals surface area contributed by atoms with Gasteiger partial charge in [-0.1, -0.05) is 18.2 Å². The number of aromatic hydroxyl groups is 1.